The average Bonchev–Trinajstić information content (AvgIpc) is 3.24. The second kappa shape index (κ2) is 8.19. The molecule has 0 radical (unpaired) electrons. The van der Waals surface area contributed by atoms with E-state index in [1.54, 1.807) is 19.3 Å². The molecule has 0 saturated heterocycles. The van der Waals surface area contributed by atoms with Crippen molar-refractivity contribution < 1.29 is 14.3 Å². The molecular weight excluding hydrogens is 448 g/mol. The zero-order chi connectivity index (χ0) is 24.1. The van der Waals surface area contributed by atoms with Gasteiger partial charge in [-0.1, -0.05) is 42.0 Å². The highest BCUT2D eigenvalue weighted by molar-refractivity contribution is 6.36. The van der Waals surface area contributed by atoms with Crippen LogP contribution < -0.4 is 4.74 Å². The summed E-state index contributed by atoms with van der Waals surface area (Å²) in [6, 6.07) is 13.3. The first-order valence-electron chi connectivity index (χ1n) is 10.9. The number of halogens is 1. The number of carbonyl (C=O) groups is 2. The molecule has 6 heteroatoms. The maximum absolute atomic E-state index is 13.6. The van der Waals surface area contributed by atoms with Crippen molar-refractivity contribution in [3.63, 3.8) is 0 Å². The Labute approximate surface area is 202 Å². The molecular formula is C28H23ClN2O3. The van der Waals surface area contributed by atoms with Crippen LogP contribution in [-0.4, -0.2) is 34.9 Å². The van der Waals surface area contributed by atoms with Crippen molar-refractivity contribution in [3.05, 3.63) is 89.5 Å². The fourth-order valence-electron chi connectivity index (χ4n) is 4.92. The number of hydrogen-bond acceptors (Lipinski definition) is 3. The molecule has 0 spiro atoms. The van der Waals surface area contributed by atoms with E-state index in [4.69, 9.17) is 16.3 Å². The van der Waals surface area contributed by atoms with Crippen molar-refractivity contribution in [1.82, 2.24) is 9.47 Å². The van der Waals surface area contributed by atoms with Gasteiger partial charge in [-0.05, 0) is 41.8 Å². The van der Waals surface area contributed by atoms with Gasteiger partial charge < -0.3 is 9.30 Å². The van der Waals surface area contributed by atoms with Gasteiger partial charge in [0.1, 0.15) is 5.75 Å². The predicted octanol–water partition coefficient (Wildman–Crippen LogP) is 6.17. The molecule has 0 saturated carbocycles. The van der Waals surface area contributed by atoms with E-state index >= 15 is 0 Å². The SMILES string of the molecule is C=CCc1cc2c(cc1OC)c1c3c(c(-c4ccccc4Cl)cc1n2C)C(=O)N(CC=C)C3=O. The number of allylic oxidation sites excluding steroid dienone is 1. The van der Waals surface area contributed by atoms with Gasteiger partial charge >= 0.3 is 0 Å². The van der Waals surface area contributed by atoms with Gasteiger partial charge in [-0.3, -0.25) is 14.5 Å². The van der Waals surface area contributed by atoms with Crippen LogP contribution in [0.3, 0.4) is 0 Å². The summed E-state index contributed by atoms with van der Waals surface area (Å²) in [4.78, 5) is 28.4. The lowest BCUT2D eigenvalue weighted by Crippen LogP contribution is -2.29. The number of hydrogen-bond donors (Lipinski definition) is 0. The van der Waals surface area contributed by atoms with E-state index in [0.717, 1.165) is 27.4 Å². The Morgan fingerprint density at radius 3 is 2.38 bits per heavy atom. The molecule has 34 heavy (non-hydrogen) atoms. The zero-order valence-corrected chi connectivity index (χ0v) is 19.8. The minimum atomic E-state index is -0.344. The van der Waals surface area contributed by atoms with Crippen molar-refractivity contribution >= 4 is 45.2 Å². The number of rotatable bonds is 6. The van der Waals surface area contributed by atoms with Gasteiger partial charge in [0, 0.05) is 40.5 Å². The Hall–Kier alpha value is -3.83. The van der Waals surface area contributed by atoms with Crippen molar-refractivity contribution in [3.8, 4) is 16.9 Å². The third-order valence-electron chi connectivity index (χ3n) is 6.46. The molecule has 0 fully saturated rings. The van der Waals surface area contributed by atoms with Crippen LogP contribution in [0.5, 0.6) is 5.75 Å². The summed E-state index contributed by atoms with van der Waals surface area (Å²) in [5.41, 5.74) is 4.88. The van der Waals surface area contributed by atoms with Gasteiger partial charge in [-0.2, -0.15) is 0 Å². The summed E-state index contributed by atoms with van der Waals surface area (Å²) in [6.07, 6.45) is 4.03. The maximum atomic E-state index is 13.6. The Balaban J connectivity index is 1.97. The van der Waals surface area contributed by atoms with E-state index in [-0.39, 0.29) is 18.4 Å². The zero-order valence-electron chi connectivity index (χ0n) is 19.0. The number of aryl methyl sites for hydroxylation is 1. The summed E-state index contributed by atoms with van der Waals surface area (Å²) < 4.78 is 7.70. The lowest BCUT2D eigenvalue weighted by atomic mass is 9.92. The van der Waals surface area contributed by atoms with Crippen molar-refractivity contribution in [2.45, 2.75) is 6.42 Å². The topological polar surface area (TPSA) is 51.5 Å². The lowest BCUT2D eigenvalue weighted by Gasteiger charge is -2.11. The summed E-state index contributed by atoms with van der Waals surface area (Å²) >= 11 is 6.55. The Kier molecular flexibility index (Phi) is 5.29. The molecule has 0 aliphatic carbocycles. The molecule has 1 aromatic heterocycles. The lowest BCUT2D eigenvalue weighted by molar-refractivity contribution is 0.0673. The molecule has 0 N–H and O–H groups in total. The van der Waals surface area contributed by atoms with Crippen LogP contribution in [0.1, 0.15) is 26.3 Å². The van der Waals surface area contributed by atoms with E-state index < -0.39 is 0 Å². The minimum absolute atomic E-state index is 0.132. The second-order valence-electron chi connectivity index (χ2n) is 8.29. The van der Waals surface area contributed by atoms with Gasteiger partial charge in [0.15, 0.2) is 0 Å². The first kappa shape index (κ1) is 22.0. The monoisotopic (exact) mass is 470 g/mol. The van der Waals surface area contributed by atoms with Gasteiger partial charge in [-0.15, -0.1) is 13.2 Å². The van der Waals surface area contributed by atoms with Gasteiger partial charge in [0.25, 0.3) is 11.8 Å². The molecule has 0 bridgehead atoms. The van der Waals surface area contributed by atoms with E-state index in [9.17, 15) is 9.59 Å². The van der Waals surface area contributed by atoms with Gasteiger partial charge in [-0.25, -0.2) is 0 Å². The number of aromatic nitrogens is 1. The first-order valence-corrected chi connectivity index (χ1v) is 11.3. The highest BCUT2D eigenvalue weighted by atomic mass is 35.5. The Morgan fingerprint density at radius 2 is 1.71 bits per heavy atom. The number of nitrogens with zero attached hydrogens (tertiary/aromatic N) is 2. The summed E-state index contributed by atoms with van der Waals surface area (Å²) in [5, 5.41) is 2.10. The smallest absolute Gasteiger partial charge is 0.262 e. The number of ether oxygens (including phenoxy) is 1. The van der Waals surface area contributed by atoms with Crippen LogP contribution in [0.4, 0.5) is 0 Å². The van der Waals surface area contributed by atoms with Gasteiger partial charge in [0.05, 0.1) is 23.8 Å². The van der Waals surface area contributed by atoms with Crippen LogP contribution in [0.25, 0.3) is 32.9 Å². The third-order valence-corrected chi connectivity index (χ3v) is 6.78. The molecule has 170 valence electrons. The summed E-state index contributed by atoms with van der Waals surface area (Å²) in [7, 11) is 3.58. The number of amides is 2. The third kappa shape index (κ3) is 3.01. The van der Waals surface area contributed by atoms with E-state index in [1.807, 2.05) is 48.0 Å². The summed E-state index contributed by atoms with van der Waals surface area (Å²) in [6.45, 7) is 7.70. The van der Waals surface area contributed by atoms with E-state index in [0.29, 0.717) is 39.4 Å². The fourth-order valence-corrected chi connectivity index (χ4v) is 5.15. The molecule has 5 rings (SSSR count). The van der Waals surface area contributed by atoms with Crippen LogP contribution in [0, 0.1) is 0 Å². The van der Waals surface area contributed by atoms with Crippen molar-refractivity contribution in [2.75, 3.05) is 13.7 Å². The van der Waals surface area contributed by atoms with Crippen molar-refractivity contribution in [1.29, 1.82) is 0 Å². The maximum Gasteiger partial charge on any atom is 0.262 e. The average molecular weight is 471 g/mol. The van der Waals surface area contributed by atoms with Gasteiger partial charge in [0.2, 0.25) is 0 Å². The summed E-state index contributed by atoms with van der Waals surface area (Å²) in [5.74, 6) is 0.0351. The van der Waals surface area contributed by atoms with Crippen LogP contribution in [0.15, 0.2) is 67.8 Å². The molecule has 2 amide bonds. The molecule has 5 nitrogen and oxygen atoms in total. The molecule has 3 aromatic carbocycles. The molecule has 0 atom stereocenters. The number of methoxy groups -OCH3 is 1. The number of imide groups is 1. The molecule has 1 aliphatic rings. The standard InChI is InChI=1S/C28H23ClN2O3/c1-5-9-16-13-21-19(15-23(16)34-4)24-22(30(21)3)14-18(17-10-7-8-11-20(17)29)25-26(24)28(33)31(12-6-2)27(25)32/h5-8,10-11,13-15H,1-2,9,12H2,3-4H3. The minimum Gasteiger partial charge on any atom is -0.496 e. The largest absolute Gasteiger partial charge is 0.496 e. The van der Waals surface area contributed by atoms with Crippen LogP contribution >= 0.6 is 11.6 Å². The quantitative estimate of drug-likeness (QED) is 0.250. The first-order chi connectivity index (χ1) is 16.4. The number of fused-ring (bicyclic) bond motifs is 5. The van der Waals surface area contributed by atoms with Crippen LogP contribution in [0.2, 0.25) is 5.02 Å². The Bertz CT molecular complexity index is 1550. The Morgan fingerprint density at radius 1 is 0.971 bits per heavy atom. The molecule has 0 unspecified atom stereocenters. The molecule has 1 aliphatic heterocycles. The number of benzene rings is 3. The molecule has 4 aromatic rings. The number of carbonyl (C=O) groups excluding carboxylic acids is 2. The van der Waals surface area contributed by atoms with Crippen molar-refractivity contribution in [2.24, 2.45) is 7.05 Å². The fraction of sp³-hybridized carbons (Fsp3) is 0.143. The highest BCUT2D eigenvalue weighted by Gasteiger charge is 2.40. The van der Waals surface area contributed by atoms with E-state index in [2.05, 4.69) is 19.2 Å². The highest BCUT2D eigenvalue weighted by Crippen LogP contribution is 2.44. The predicted molar refractivity (Wildman–Crippen MR) is 137 cm³/mol. The van der Waals surface area contributed by atoms with Crippen LogP contribution in [-0.2, 0) is 13.5 Å². The van der Waals surface area contributed by atoms with E-state index in [1.165, 1.54) is 4.90 Å². The molecule has 2 heterocycles. The normalized spacial score (nSPS) is 13.1. The second-order valence-corrected chi connectivity index (χ2v) is 8.70.